The van der Waals surface area contributed by atoms with Crippen LogP contribution in [-0.4, -0.2) is 41.1 Å². The summed E-state index contributed by atoms with van der Waals surface area (Å²) < 4.78 is 38.4. The molecule has 0 aliphatic carbocycles. The molecular formula is C19H22N2O5S. The van der Waals surface area contributed by atoms with Gasteiger partial charge in [0.2, 0.25) is 15.9 Å². The fourth-order valence-corrected chi connectivity index (χ4v) is 3.95. The van der Waals surface area contributed by atoms with Crippen molar-refractivity contribution >= 4 is 21.6 Å². The number of carbonyl (C=O) groups excluding carboxylic acids is 1. The monoisotopic (exact) mass is 390 g/mol. The summed E-state index contributed by atoms with van der Waals surface area (Å²) in [6.07, 6.45) is 0.552. The van der Waals surface area contributed by atoms with Gasteiger partial charge in [-0.15, -0.1) is 0 Å². The lowest BCUT2D eigenvalue weighted by molar-refractivity contribution is -0.116. The van der Waals surface area contributed by atoms with Crippen molar-refractivity contribution < 1.29 is 22.7 Å². The second-order valence-electron chi connectivity index (χ2n) is 6.14. The zero-order chi connectivity index (χ0) is 19.4. The van der Waals surface area contributed by atoms with E-state index in [1.54, 1.807) is 13.2 Å². The second-order valence-corrected chi connectivity index (χ2v) is 7.91. The Morgan fingerprint density at radius 2 is 1.96 bits per heavy atom. The molecule has 1 amide bonds. The first kappa shape index (κ1) is 19.2. The molecule has 0 fully saturated rings. The lowest BCUT2D eigenvalue weighted by Gasteiger charge is -2.29. The van der Waals surface area contributed by atoms with Crippen molar-refractivity contribution in [3.63, 3.8) is 0 Å². The summed E-state index contributed by atoms with van der Waals surface area (Å²) in [6, 6.07) is 12.0. The van der Waals surface area contributed by atoms with Gasteiger partial charge in [-0.3, -0.25) is 4.79 Å². The van der Waals surface area contributed by atoms with E-state index in [2.05, 4.69) is 4.72 Å². The average Bonchev–Trinajstić information content (AvgIpc) is 2.67. The smallest absolute Gasteiger partial charge is 0.240 e. The summed E-state index contributed by atoms with van der Waals surface area (Å²) in [4.78, 5) is 13.4. The van der Waals surface area contributed by atoms with Crippen LogP contribution in [0.1, 0.15) is 12.5 Å². The quantitative estimate of drug-likeness (QED) is 0.815. The van der Waals surface area contributed by atoms with Crippen LogP contribution in [0.4, 0.5) is 5.69 Å². The predicted octanol–water partition coefficient (Wildman–Crippen LogP) is 1.96. The SMILES string of the molecule is COc1ccc(CCNS(=O)(=O)c2ccc3c(c2)N(C(C)=O)CCO3)cc1. The van der Waals surface area contributed by atoms with E-state index in [0.717, 1.165) is 11.3 Å². The van der Waals surface area contributed by atoms with E-state index < -0.39 is 10.0 Å². The maximum atomic E-state index is 12.6. The van der Waals surface area contributed by atoms with E-state index in [9.17, 15) is 13.2 Å². The van der Waals surface area contributed by atoms with E-state index in [1.807, 2.05) is 24.3 Å². The minimum absolute atomic E-state index is 0.104. The number of ether oxygens (including phenoxy) is 2. The molecule has 1 aliphatic heterocycles. The van der Waals surface area contributed by atoms with E-state index in [0.29, 0.717) is 31.0 Å². The van der Waals surface area contributed by atoms with Crippen LogP contribution in [0.25, 0.3) is 0 Å². The Morgan fingerprint density at radius 3 is 2.63 bits per heavy atom. The third-order valence-corrected chi connectivity index (χ3v) is 5.81. The molecule has 144 valence electrons. The summed E-state index contributed by atoms with van der Waals surface area (Å²) in [5.41, 5.74) is 1.48. The number of anilines is 1. The number of benzene rings is 2. The van der Waals surface area contributed by atoms with Crippen molar-refractivity contribution in [1.82, 2.24) is 4.72 Å². The Bertz CT molecular complexity index is 926. The number of rotatable bonds is 6. The van der Waals surface area contributed by atoms with Crippen molar-refractivity contribution in [2.24, 2.45) is 0 Å². The molecule has 0 unspecified atom stereocenters. The summed E-state index contributed by atoms with van der Waals surface area (Å²) >= 11 is 0. The van der Waals surface area contributed by atoms with Crippen LogP contribution in [0.5, 0.6) is 11.5 Å². The maximum absolute atomic E-state index is 12.6. The van der Waals surface area contributed by atoms with Gasteiger partial charge in [-0.05, 0) is 42.3 Å². The van der Waals surface area contributed by atoms with Crippen molar-refractivity contribution in [3.05, 3.63) is 48.0 Å². The third-order valence-electron chi connectivity index (χ3n) is 4.35. The number of hydrogen-bond donors (Lipinski definition) is 1. The van der Waals surface area contributed by atoms with Crippen molar-refractivity contribution in [2.45, 2.75) is 18.2 Å². The number of fused-ring (bicyclic) bond motifs is 1. The molecule has 0 aromatic heterocycles. The molecule has 0 saturated heterocycles. The Labute approximate surface area is 158 Å². The van der Waals surface area contributed by atoms with Crippen LogP contribution in [-0.2, 0) is 21.2 Å². The fraction of sp³-hybridized carbons (Fsp3) is 0.316. The highest BCUT2D eigenvalue weighted by Crippen LogP contribution is 2.33. The van der Waals surface area contributed by atoms with Gasteiger partial charge in [-0.1, -0.05) is 12.1 Å². The minimum atomic E-state index is -3.69. The highest BCUT2D eigenvalue weighted by Gasteiger charge is 2.24. The molecule has 1 heterocycles. The van der Waals surface area contributed by atoms with Crippen LogP contribution in [0.15, 0.2) is 47.4 Å². The first-order chi connectivity index (χ1) is 12.9. The molecule has 27 heavy (non-hydrogen) atoms. The fourth-order valence-electron chi connectivity index (χ4n) is 2.90. The van der Waals surface area contributed by atoms with Gasteiger partial charge in [0.25, 0.3) is 0 Å². The van der Waals surface area contributed by atoms with Crippen LogP contribution in [0, 0.1) is 0 Å². The van der Waals surface area contributed by atoms with E-state index in [4.69, 9.17) is 9.47 Å². The maximum Gasteiger partial charge on any atom is 0.240 e. The van der Waals surface area contributed by atoms with Gasteiger partial charge in [-0.2, -0.15) is 0 Å². The van der Waals surface area contributed by atoms with Crippen molar-refractivity contribution in [1.29, 1.82) is 0 Å². The van der Waals surface area contributed by atoms with Crippen molar-refractivity contribution in [3.8, 4) is 11.5 Å². The Balaban J connectivity index is 1.71. The van der Waals surface area contributed by atoms with E-state index in [1.165, 1.54) is 24.0 Å². The van der Waals surface area contributed by atoms with Gasteiger partial charge < -0.3 is 14.4 Å². The summed E-state index contributed by atoms with van der Waals surface area (Å²) in [7, 11) is -2.10. The molecule has 0 radical (unpaired) electrons. The first-order valence-electron chi connectivity index (χ1n) is 8.58. The molecule has 1 N–H and O–H groups in total. The zero-order valence-corrected chi connectivity index (χ0v) is 16.1. The van der Waals surface area contributed by atoms with Gasteiger partial charge in [0.05, 0.1) is 24.2 Å². The van der Waals surface area contributed by atoms with Gasteiger partial charge in [0.15, 0.2) is 0 Å². The van der Waals surface area contributed by atoms with Crippen LogP contribution in [0.3, 0.4) is 0 Å². The molecule has 1 aliphatic rings. The number of amides is 1. The number of methoxy groups -OCH3 is 1. The standard InChI is InChI=1S/C19H22N2O5S/c1-14(22)21-11-12-26-19-8-7-17(13-18(19)21)27(23,24)20-10-9-15-3-5-16(25-2)6-4-15/h3-8,13,20H,9-12H2,1-2H3. The molecule has 3 rings (SSSR count). The van der Waals surface area contributed by atoms with Gasteiger partial charge >= 0.3 is 0 Å². The molecule has 0 atom stereocenters. The van der Waals surface area contributed by atoms with Crippen LogP contribution < -0.4 is 19.1 Å². The summed E-state index contributed by atoms with van der Waals surface area (Å²) in [5.74, 6) is 1.11. The Kier molecular flexibility index (Phi) is 5.67. The minimum Gasteiger partial charge on any atom is -0.497 e. The number of nitrogens with one attached hydrogen (secondary N) is 1. The third kappa shape index (κ3) is 4.40. The number of nitrogens with zero attached hydrogens (tertiary/aromatic N) is 1. The Hall–Kier alpha value is -2.58. The highest BCUT2D eigenvalue weighted by atomic mass is 32.2. The molecule has 0 bridgehead atoms. The molecule has 0 saturated carbocycles. The number of carbonyl (C=O) groups is 1. The second kappa shape index (κ2) is 7.98. The number of hydrogen-bond acceptors (Lipinski definition) is 5. The molecule has 7 nitrogen and oxygen atoms in total. The van der Waals surface area contributed by atoms with Crippen LogP contribution in [0.2, 0.25) is 0 Å². The molecule has 2 aromatic rings. The molecular weight excluding hydrogens is 368 g/mol. The van der Waals surface area contributed by atoms with E-state index in [-0.39, 0.29) is 17.3 Å². The molecule has 0 spiro atoms. The lowest BCUT2D eigenvalue weighted by Crippen LogP contribution is -2.36. The summed E-state index contributed by atoms with van der Waals surface area (Å²) in [6.45, 7) is 2.50. The molecule has 8 heteroatoms. The lowest BCUT2D eigenvalue weighted by atomic mass is 10.1. The van der Waals surface area contributed by atoms with Gasteiger partial charge in [0, 0.05) is 13.5 Å². The highest BCUT2D eigenvalue weighted by molar-refractivity contribution is 7.89. The normalized spacial score (nSPS) is 13.6. The van der Waals surface area contributed by atoms with Gasteiger partial charge in [0.1, 0.15) is 18.1 Å². The predicted molar refractivity (Wildman–Crippen MR) is 102 cm³/mol. The summed E-state index contributed by atoms with van der Waals surface area (Å²) in [5, 5.41) is 0. The van der Waals surface area contributed by atoms with Crippen molar-refractivity contribution in [2.75, 3.05) is 31.7 Å². The number of sulfonamides is 1. The average molecular weight is 390 g/mol. The Morgan fingerprint density at radius 1 is 1.22 bits per heavy atom. The molecule has 2 aromatic carbocycles. The van der Waals surface area contributed by atoms with E-state index >= 15 is 0 Å². The topological polar surface area (TPSA) is 84.9 Å². The first-order valence-corrected chi connectivity index (χ1v) is 10.1. The largest absolute Gasteiger partial charge is 0.497 e. The van der Waals surface area contributed by atoms with Gasteiger partial charge in [-0.25, -0.2) is 13.1 Å². The zero-order valence-electron chi connectivity index (χ0n) is 15.3. The van der Waals surface area contributed by atoms with Crippen LogP contribution >= 0.6 is 0 Å².